The molecule has 1 unspecified atom stereocenters. The van der Waals surface area contributed by atoms with Gasteiger partial charge in [0.15, 0.2) is 0 Å². The first kappa shape index (κ1) is 16.8. The summed E-state index contributed by atoms with van der Waals surface area (Å²) in [5, 5.41) is 6.50. The Balaban J connectivity index is 1.36. The first-order chi connectivity index (χ1) is 12.8. The number of carbonyl (C=O) groups excluding carboxylic acids is 1. The van der Waals surface area contributed by atoms with Crippen molar-refractivity contribution in [1.82, 2.24) is 20.2 Å². The molecule has 1 atom stereocenters. The molecule has 2 heterocycles. The largest absolute Gasteiger partial charge is 0.350 e. The van der Waals surface area contributed by atoms with E-state index < -0.39 is 0 Å². The number of nitrogens with zero attached hydrogens (tertiary/aromatic N) is 2. The minimum atomic E-state index is -0.101. The number of nitrogens with one attached hydrogen (secondary N) is 2. The van der Waals surface area contributed by atoms with Crippen LogP contribution >= 0.6 is 0 Å². The molecule has 5 heteroatoms. The van der Waals surface area contributed by atoms with Gasteiger partial charge < -0.3 is 15.2 Å². The van der Waals surface area contributed by atoms with Gasteiger partial charge in [-0.25, -0.2) is 4.98 Å². The molecule has 1 aromatic carbocycles. The van der Waals surface area contributed by atoms with Gasteiger partial charge in [0, 0.05) is 19.3 Å². The highest BCUT2D eigenvalue weighted by Gasteiger charge is 2.23. The Hall–Kier alpha value is -2.66. The number of fused-ring (bicyclic) bond motifs is 1. The second kappa shape index (κ2) is 7.70. The summed E-state index contributed by atoms with van der Waals surface area (Å²) in [6.45, 7) is 2.12. The van der Waals surface area contributed by atoms with Crippen molar-refractivity contribution in [3.8, 4) is 0 Å². The molecule has 1 aromatic heterocycles. The zero-order valence-electron chi connectivity index (χ0n) is 14.8. The summed E-state index contributed by atoms with van der Waals surface area (Å²) in [6, 6.07) is 10.5. The van der Waals surface area contributed by atoms with Crippen LogP contribution in [-0.4, -0.2) is 28.0 Å². The normalized spacial score (nSPS) is 18.9. The number of amides is 1. The molecule has 0 spiro atoms. The Morgan fingerprint density at radius 2 is 2.15 bits per heavy atom. The van der Waals surface area contributed by atoms with Crippen LogP contribution in [0.4, 0.5) is 0 Å². The number of hydrogen-bond donors (Lipinski definition) is 2. The third-order valence-electron chi connectivity index (χ3n) is 4.95. The minimum absolute atomic E-state index is 0.101. The van der Waals surface area contributed by atoms with Crippen LogP contribution in [0.25, 0.3) is 0 Å². The molecule has 26 heavy (non-hydrogen) atoms. The minimum Gasteiger partial charge on any atom is -0.350 e. The predicted octanol–water partition coefficient (Wildman–Crippen LogP) is 2.60. The summed E-state index contributed by atoms with van der Waals surface area (Å²) in [5.74, 6) is 0.825. The fourth-order valence-corrected chi connectivity index (χ4v) is 3.51. The zero-order chi connectivity index (χ0) is 17.8. The van der Waals surface area contributed by atoms with E-state index in [0.29, 0.717) is 24.8 Å². The molecular formula is C21H24N4O. The molecule has 2 aliphatic rings. The molecule has 1 aliphatic heterocycles. The lowest BCUT2D eigenvalue weighted by Gasteiger charge is -2.27. The van der Waals surface area contributed by atoms with Gasteiger partial charge in [-0.1, -0.05) is 48.6 Å². The summed E-state index contributed by atoms with van der Waals surface area (Å²) in [5.41, 5.74) is 3.06. The molecule has 5 nitrogen and oxygen atoms in total. The van der Waals surface area contributed by atoms with Crippen LogP contribution in [0.2, 0.25) is 0 Å². The quantitative estimate of drug-likeness (QED) is 0.873. The van der Waals surface area contributed by atoms with Crippen molar-refractivity contribution in [2.24, 2.45) is 0 Å². The average molecular weight is 348 g/mol. The van der Waals surface area contributed by atoms with Crippen molar-refractivity contribution in [3.63, 3.8) is 0 Å². The number of allylic oxidation sites excluding steroid dienone is 2. The molecule has 2 N–H and O–H groups in total. The van der Waals surface area contributed by atoms with Gasteiger partial charge in [0.1, 0.15) is 11.5 Å². The summed E-state index contributed by atoms with van der Waals surface area (Å²) in [7, 11) is 0. The number of carbonyl (C=O) groups is 1. The van der Waals surface area contributed by atoms with Crippen LogP contribution in [0, 0.1) is 0 Å². The summed E-state index contributed by atoms with van der Waals surface area (Å²) < 4.78 is 2.11. The number of benzene rings is 1. The van der Waals surface area contributed by atoms with Gasteiger partial charge in [0.05, 0.1) is 12.6 Å². The number of imidazole rings is 1. The van der Waals surface area contributed by atoms with Gasteiger partial charge in [-0.15, -0.1) is 0 Å². The van der Waals surface area contributed by atoms with Crippen LogP contribution in [0.1, 0.15) is 34.7 Å². The molecule has 1 aliphatic carbocycles. The van der Waals surface area contributed by atoms with Crippen LogP contribution in [0.5, 0.6) is 0 Å². The molecule has 2 aromatic rings. The van der Waals surface area contributed by atoms with Crippen LogP contribution in [0.3, 0.4) is 0 Å². The van der Waals surface area contributed by atoms with Gasteiger partial charge in [0.25, 0.3) is 5.91 Å². The fourth-order valence-electron chi connectivity index (χ4n) is 3.51. The van der Waals surface area contributed by atoms with E-state index in [2.05, 4.69) is 50.5 Å². The van der Waals surface area contributed by atoms with Crippen LogP contribution < -0.4 is 10.6 Å². The standard InChI is InChI=1S/C21H24N4O/c26-21(22-12-11-16-7-3-1-4-8-16)19-15-25-14-18(23-13-20(25)24-19)17-9-5-2-6-10-17/h1,3-5,7-10,15,18,23H,2,6,11-14H2,(H,22,26). The molecule has 0 bridgehead atoms. The highest BCUT2D eigenvalue weighted by molar-refractivity contribution is 5.92. The highest BCUT2D eigenvalue weighted by atomic mass is 16.1. The third kappa shape index (κ3) is 3.78. The van der Waals surface area contributed by atoms with Crippen molar-refractivity contribution in [2.45, 2.75) is 38.4 Å². The first-order valence-electron chi connectivity index (χ1n) is 9.28. The van der Waals surface area contributed by atoms with Gasteiger partial charge >= 0.3 is 0 Å². The third-order valence-corrected chi connectivity index (χ3v) is 4.95. The van der Waals surface area contributed by atoms with E-state index in [1.54, 1.807) is 0 Å². The number of hydrogen-bond acceptors (Lipinski definition) is 3. The summed E-state index contributed by atoms with van der Waals surface area (Å²) in [6.07, 6.45) is 11.7. The molecule has 4 rings (SSSR count). The Labute approximate surface area is 153 Å². The second-order valence-corrected chi connectivity index (χ2v) is 6.80. The second-order valence-electron chi connectivity index (χ2n) is 6.80. The van der Waals surface area contributed by atoms with Gasteiger partial charge in [0.2, 0.25) is 0 Å². The molecular weight excluding hydrogens is 324 g/mol. The Kier molecular flexibility index (Phi) is 4.97. The lowest BCUT2D eigenvalue weighted by atomic mass is 9.99. The smallest absolute Gasteiger partial charge is 0.271 e. The topological polar surface area (TPSA) is 59.0 Å². The lowest BCUT2D eigenvalue weighted by molar-refractivity contribution is 0.0949. The molecule has 134 valence electrons. The molecule has 0 radical (unpaired) electrons. The Bertz CT molecular complexity index is 835. The van der Waals surface area contributed by atoms with Crippen LogP contribution in [-0.2, 0) is 19.5 Å². The van der Waals surface area contributed by atoms with Crippen molar-refractivity contribution < 1.29 is 4.79 Å². The van der Waals surface area contributed by atoms with E-state index in [9.17, 15) is 4.79 Å². The Morgan fingerprint density at radius 1 is 1.27 bits per heavy atom. The van der Waals surface area contributed by atoms with Gasteiger partial charge in [-0.2, -0.15) is 0 Å². The highest BCUT2D eigenvalue weighted by Crippen LogP contribution is 2.19. The number of rotatable bonds is 5. The van der Waals surface area contributed by atoms with E-state index >= 15 is 0 Å². The monoisotopic (exact) mass is 348 g/mol. The zero-order valence-corrected chi connectivity index (χ0v) is 14.8. The molecule has 0 fully saturated rings. The lowest BCUT2D eigenvalue weighted by Crippen LogP contribution is -2.39. The van der Waals surface area contributed by atoms with Gasteiger partial charge in [-0.3, -0.25) is 4.79 Å². The maximum Gasteiger partial charge on any atom is 0.271 e. The van der Waals surface area contributed by atoms with Crippen molar-refractivity contribution in [1.29, 1.82) is 0 Å². The summed E-state index contributed by atoms with van der Waals surface area (Å²) in [4.78, 5) is 16.9. The average Bonchev–Trinajstić information content (AvgIpc) is 3.13. The number of aromatic nitrogens is 2. The summed E-state index contributed by atoms with van der Waals surface area (Å²) >= 11 is 0. The maximum atomic E-state index is 12.4. The van der Waals surface area contributed by atoms with Crippen LogP contribution in [0.15, 0.2) is 60.3 Å². The van der Waals surface area contributed by atoms with E-state index in [0.717, 1.165) is 31.6 Å². The molecule has 0 saturated carbocycles. The molecule has 1 amide bonds. The van der Waals surface area contributed by atoms with E-state index in [1.165, 1.54) is 11.1 Å². The molecule has 0 saturated heterocycles. The maximum absolute atomic E-state index is 12.4. The van der Waals surface area contributed by atoms with Crippen molar-refractivity contribution in [3.05, 3.63) is 77.4 Å². The predicted molar refractivity (Wildman–Crippen MR) is 102 cm³/mol. The van der Waals surface area contributed by atoms with Gasteiger partial charge in [-0.05, 0) is 30.4 Å². The van der Waals surface area contributed by atoms with E-state index in [4.69, 9.17) is 0 Å². The van der Waals surface area contributed by atoms with E-state index in [-0.39, 0.29) is 5.91 Å². The Morgan fingerprint density at radius 3 is 2.96 bits per heavy atom. The SMILES string of the molecule is O=C(NCCc1ccccc1)c1cn2c(n1)CNC(C1=CCCC=C1)C2. The van der Waals surface area contributed by atoms with Crippen molar-refractivity contribution >= 4 is 5.91 Å². The fraction of sp³-hybridized carbons (Fsp3) is 0.333. The van der Waals surface area contributed by atoms with Crippen molar-refractivity contribution in [2.75, 3.05) is 6.54 Å². The first-order valence-corrected chi connectivity index (χ1v) is 9.28. The van der Waals surface area contributed by atoms with E-state index in [1.807, 2.05) is 24.4 Å².